The molecule has 3 rings (SSSR count). The zero-order chi connectivity index (χ0) is 19.1. The standard InChI is InChI=1S/C20H29N7.HI/c1-4-21-19(24-16-17-7-5-8-18(15-17)25(2)3)26-11-13-27(14-12-26)20-22-9-6-10-23-20;/h5-10,15H,4,11-14,16H2,1-3H3,(H,21,24);1H. The van der Waals surface area contributed by atoms with E-state index in [1.54, 1.807) is 12.4 Å². The molecule has 0 aliphatic carbocycles. The van der Waals surface area contributed by atoms with Crippen molar-refractivity contribution in [2.24, 2.45) is 4.99 Å². The predicted octanol–water partition coefficient (Wildman–Crippen LogP) is 2.45. The van der Waals surface area contributed by atoms with Crippen LogP contribution >= 0.6 is 24.0 Å². The van der Waals surface area contributed by atoms with Crippen LogP contribution in [0.5, 0.6) is 0 Å². The fraction of sp³-hybridized carbons (Fsp3) is 0.450. The maximum atomic E-state index is 4.87. The van der Waals surface area contributed by atoms with Gasteiger partial charge in [-0.2, -0.15) is 0 Å². The van der Waals surface area contributed by atoms with E-state index in [4.69, 9.17) is 4.99 Å². The molecule has 2 aromatic rings. The first-order valence-electron chi connectivity index (χ1n) is 9.49. The lowest BCUT2D eigenvalue weighted by atomic mass is 10.2. The third-order valence-electron chi connectivity index (χ3n) is 4.59. The van der Waals surface area contributed by atoms with Crippen LogP contribution in [0.3, 0.4) is 0 Å². The van der Waals surface area contributed by atoms with Gasteiger partial charge in [0, 0.05) is 64.9 Å². The Morgan fingerprint density at radius 3 is 2.46 bits per heavy atom. The monoisotopic (exact) mass is 495 g/mol. The molecule has 2 heterocycles. The smallest absolute Gasteiger partial charge is 0.225 e. The Morgan fingerprint density at radius 2 is 1.82 bits per heavy atom. The second-order valence-corrected chi connectivity index (χ2v) is 6.76. The molecule has 28 heavy (non-hydrogen) atoms. The maximum Gasteiger partial charge on any atom is 0.225 e. The minimum atomic E-state index is 0. The Morgan fingerprint density at radius 1 is 1.11 bits per heavy atom. The SMILES string of the molecule is CCNC(=NCc1cccc(N(C)C)c1)N1CCN(c2ncccn2)CC1.I. The lowest BCUT2D eigenvalue weighted by molar-refractivity contribution is 0.370. The number of nitrogens with zero attached hydrogens (tertiary/aromatic N) is 6. The van der Waals surface area contributed by atoms with Crippen molar-refractivity contribution < 1.29 is 0 Å². The lowest BCUT2D eigenvalue weighted by Gasteiger charge is -2.36. The lowest BCUT2D eigenvalue weighted by Crippen LogP contribution is -2.52. The van der Waals surface area contributed by atoms with Crippen LogP contribution in [0.1, 0.15) is 12.5 Å². The summed E-state index contributed by atoms with van der Waals surface area (Å²) in [5.41, 5.74) is 2.41. The second-order valence-electron chi connectivity index (χ2n) is 6.76. The number of rotatable bonds is 5. The number of hydrogen-bond acceptors (Lipinski definition) is 5. The van der Waals surface area contributed by atoms with Crippen LogP contribution in [-0.4, -0.2) is 67.6 Å². The highest BCUT2D eigenvalue weighted by atomic mass is 127. The molecule has 1 N–H and O–H groups in total. The summed E-state index contributed by atoms with van der Waals surface area (Å²) in [7, 11) is 4.12. The van der Waals surface area contributed by atoms with Gasteiger partial charge < -0.3 is 20.0 Å². The topological polar surface area (TPSA) is 59.9 Å². The molecule has 7 nitrogen and oxygen atoms in total. The van der Waals surface area contributed by atoms with Gasteiger partial charge in [0.2, 0.25) is 5.95 Å². The van der Waals surface area contributed by atoms with E-state index >= 15 is 0 Å². The Balaban J connectivity index is 0.00000280. The zero-order valence-electron chi connectivity index (χ0n) is 16.9. The molecule has 1 aliphatic rings. The van der Waals surface area contributed by atoms with Crippen LogP contribution in [0, 0.1) is 0 Å². The molecular weight excluding hydrogens is 465 g/mol. The number of guanidine groups is 1. The summed E-state index contributed by atoms with van der Waals surface area (Å²) >= 11 is 0. The van der Waals surface area contributed by atoms with Crippen molar-refractivity contribution in [3.05, 3.63) is 48.3 Å². The normalized spacial score (nSPS) is 14.5. The van der Waals surface area contributed by atoms with Gasteiger partial charge in [-0.3, -0.25) is 0 Å². The molecule has 0 saturated carbocycles. The van der Waals surface area contributed by atoms with Crippen molar-refractivity contribution in [3.8, 4) is 0 Å². The summed E-state index contributed by atoms with van der Waals surface area (Å²) in [5.74, 6) is 1.78. The van der Waals surface area contributed by atoms with Gasteiger partial charge in [-0.1, -0.05) is 12.1 Å². The van der Waals surface area contributed by atoms with E-state index < -0.39 is 0 Å². The number of aliphatic imine (C=N–C) groups is 1. The quantitative estimate of drug-likeness (QED) is 0.391. The number of hydrogen-bond donors (Lipinski definition) is 1. The van der Waals surface area contributed by atoms with Crippen molar-refractivity contribution >= 4 is 41.6 Å². The van der Waals surface area contributed by atoms with Crippen molar-refractivity contribution in [3.63, 3.8) is 0 Å². The van der Waals surface area contributed by atoms with Crippen LogP contribution < -0.4 is 15.1 Å². The van der Waals surface area contributed by atoms with Crippen LogP contribution in [0.25, 0.3) is 0 Å². The number of benzene rings is 1. The minimum absolute atomic E-state index is 0. The van der Waals surface area contributed by atoms with Crippen molar-refractivity contribution in [2.45, 2.75) is 13.5 Å². The van der Waals surface area contributed by atoms with Gasteiger partial charge in [0.15, 0.2) is 5.96 Å². The second kappa shape index (κ2) is 11.0. The molecule has 1 aromatic heterocycles. The molecule has 1 aliphatic heterocycles. The fourth-order valence-corrected chi connectivity index (χ4v) is 3.10. The Kier molecular flexibility index (Phi) is 8.75. The third kappa shape index (κ3) is 5.95. The molecule has 1 aromatic carbocycles. The highest BCUT2D eigenvalue weighted by Gasteiger charge is 2.21. The van der Waals surface area contributed by atoms with Gasteiger partial charge in [0.05, 0.1) is 6.54 Å². The molecule has 0 radical (unpaired) electrons. The number of piperazine rings is 1. The first-order chi connectivity index (χ1) is 13.2. The highest BCUT2D eigenvalue weighted by Crippen LogP contribution is 2.15. The number of halogens is 1. The van der Waals surface area contributed by atoms with Crippen LogP contribution in [0.4, 0.5) is 11.6 Å². The van der Waals surface area contributed by atoms with E-state index in [9.17, 15) is 0 Å². The molecule has 8 heteroatoms. The summed E-state index contributed by atoms with van der Waals surface area (Å²) in [6, 6.07) is 10.4. The molecule has 0 amide bonds. The predicted molar refractivity (Wildman–Crippen MR) is 127 cm³/mol. The van der Waals surface area contributed by atoms with Gasteiger partial charge in [-0.25, -0.2) is 15.0 Å². The van der Waals surface area contributed by atoms with Crippen molar-refractivity contribution in [1.82, 2.24) is 20.2 Å². The van der Waals surface area contributed by atoms with Crippen molar-refractivity contribution in [2.75, 3.05) is 56.6 Å². The van der Waals surface area contributed by atoms with E-state index in [1.807, 2.05) is 6.07 Å². The van der Waals surface area contributed by atoms with E-state index in [0.717, 1.165) is 44.6 Å². The average Bonchev–Trinajstić information content (AvgIpc) is 2.72. The molecule has 152 valence electrons. The molecule has 1 saturated heterocycles. The molecule has 0 unspecified atom stereocenters. The number of aromatic nitrogens is 2. The van der Waals surface area contributed by atoms with Gasteiger partial charge in [0.25, 0.3) is 0 Å². The summed E-state index contributed by atoms with van der Waals surface area (Å²) in [6.07, 6.45) is 3.59. The largest absolute Gasteiger partial charge is 0.378 e. The first-order valence-corrected chi connectivity index (χ1v) is 9.49. The summed E-state index contributed by atoms with van der Waals surface area (Å²) in [6.45, 7) is 7.24. The summed E-state index contributed by atoms with van der Waals surface area (Å²) in [4.78, 5) is 20.2. The Bertz CT molecular complexity index is 743. The average molecular weight is 495 g/mol. The highest BCUT2D eigenvalue weighted by molar-refractivity contribution is 14.0. The number of nitrogens with one attached hydrogen (secondary N) is 1. The fourth-order valence-electron chi connectivity index (χ4n) is 3.10. The molecular formula is C20H30IN7. The molecule has 0 spiro atoms. The number of anilines is 2. The van der Waals surface area contributed by atoms with E-state index in [0.29, 0.717) is 6.54 Å². The van der Waals surface area contributed by atoms with Gasteiger partial charge in [-0.05, 0) is 30.7 Å². The van der Waals surface area contributed by atoms with Crippen LogP contribution in [-0.2, 0) is 6.54 Å². The van der Waals surface area contributed by atoms with Crippen molar-refractivity contribution in [1.29, 1.82) is 0 Å². The molecule has 0 atom stereocenters. The zero-order valence-corrected chi connectivity index (χ0v) is 19.2. The Hall–Kier alpha value is -2.10. The first kappa shape index (κ1) is 22.2. The van der Waals surface area contributed by atoms with Gasteiger partial charge in [-0.15, -0.1) is 24.0 Å². The van der Waals surface area contributed by atoms with Crippen LogP contribution in [0.15, 0.2) is 47.7 Å². The maximum absolute atomic E-state index is 4.87. The summed E-state index contributed by atoms with van der Waals surface area (Å²) in [5, 5.41) is 3.43. The third-order valence-corrected chi connectivity index (χ3v) is 4.59. The van der Waals surface area contributed by atoms with E-state index in [-0.39, 0.29) is 24.0 Å². The van der Waals surface area contributed by atoms with Gasteiger partial charge in [0.1, 0.15) is 0 Å². The molecule has 1 fully saturated rings. The van der Waals surface area contributed by atoms with E-state index in [1.165, 1.54) is 11.3 Å². The molecule has 0 bridgehead atoms. The van der Waals surface area contributed by atoms with Gasteiger partial charge >= 0.3 is 0 Å². The minimum Gasteiger partial charge on any atom is -0.378 e. The van der Waals surface area contributed by atoms with E-state index in [2.05, 4.69) is 75.3 Å². The Labute approximate surface area is 184 Å². The van der Waals surface area contributed by atoms with Crippen LogP contribution in [0.2, 0.25) is 0 Å². The summed E-state index contributed by atoms with van der Waals surface area (Å²) < 4.78 is 0.